The molecule has 0 aliphatic rings. The van der Waals surface area contributed by atoms with Crippen LogP contribution in [0.5, 0.6) is 5.75 Å². The van der Waals surface area contributed by atoms with Gasteiger partial charge in [0.1, 0.15) is 11.9 Å². The Hall–Kier alpha value is -2.74. The van der Waals surface area contributed by atoms with Crippen LogP contribution < -0.4 is 9.46 Å². The summed E-state index contributed by atoms with van der Waals surface area (Å²) >= 11 is 0. The molecule has 0 aliphatic carbocycles. The van der Waals surface area contributed by atoms with E-state index in [4.69, 9.17) is 4.74 Å². The Morgan fingerprint density at radius 1 is 1.07 bits per heavy atom. The maximum absolute atomic E-state index is 12.0. The largest absolute Gasteiger partial charge is 0.488 e. The predicted octanol–water partition coefficient (Wildman–Crippen LogP) is 3.42. The van der Waals surface area contributed by atoms with E-state index in [0.29, 0.717) is 12.2 Å². The van der Waals surface area contributed by atoms with Crippen LogP contribution in [0.1, 0.15) is 18.9 Å². The molecule has 2 atom stereocenters. The third kappa shape index (κ3) is 5.66. The highest BCUT2D eigenvalue weighted by Crippen LogP contribution is 2.25. The van der Waals surface area contributed by atoms with Gasteiger partial charge in [-0.2, -0.15) is 0 Å². The van der Waals surface area contributed by atoms with Crippen LogP contribution in [-0.2, 0) is 16.4 Å². The molecule has 0 amide bonds. The van der Waals surface area contributed by atoms with Gasteiger partial charge in [0.05, 0.1) is 11.0 Å². The zero-order valence-corrected chi connectivity index (χ0v) is 17.8. The van der Waals surface area contributed by atoms with Crippen molar-refractivity contribution in [3.05, 3.63) is 78.6 Å². The number of nitrogens with one attached hydrogen (secondary N) is 1. The summed E-state index contributed by atoms with van der Waals surface area (Å²) in [5.74, 6) is 0.644. The van der Waals surface area contributed by atoms with Crippen molar-refractivity contribution in [1.29, 1.82) is 0 Å². The summed E-state index contributed by atoms with van der Waals surface area (Å²) in [6.07, 6.45) is 3.87. The van der Waals surface area contributed by atoms with Gasteiger partial charge in [0.2, 0.25) is 10.0 Å². The highest BCUT2D eigenvalue weighted by atomic mass is 32.2. The normalized spacial score (nSPS) is 13.6. The van der Waals surface area contributed by atoms with Gasteiger partial charge in [0.25, 0.3) is 0 Å². The van der Waals surface area contributed by atoms with Crippen LogP contribution in [-0.4, -0.2) is 37.8 Å². The molecule has 7 heteroatoms. The number of pyridine rings is 1. The average Bonchev–Trinajstić information content (AvgIpc) is 2.78. The molecule has 0 spiro atoms. The quantitative estimate of drug-likeness (QED) is 0.547. The number of aryl methyl sites for hydroxylation is 1. The molecule has 3 rings (SSSR count). The van der Waals surface area contributed by atoms with Gasteiger partial charge in [0, 0.05) is 12.4 Å². The van der Waals surface area contributed by atoms with Crippen LogP contribution in [0.15, 0.2) is 78.0 Å². The second kappa shape index (κ2) is 9.84. The average molecular weight is 427 g/mol. The summed E-state index contributed by atoms with van der Waals surface area (Å²) in [5.41, 5.74) is 2.75. The zero-order valence-electron chi connectivity index (χ0n) is 17.0. The van der Waals surface area contributed by atoms with Crippen molar-refractivity contribution in [2.45, 2.75) is 36.9 Å². The number of aliphatic hydroxyl groups is 1. The Kier molecular flexibility index (Phi) is 7.20. The van der Waals surface area contributed by atoms with Crippen molar-refractivity contribution >= 4 is 10.0 Å². The third-order valence-electron chi connectivity index (χ3n) is 4.92. The van der Waals surface area contributed by atoms with E-state index in [9.17, 15) is 13.5 Å². The molecule has 0 unspecified atom stereocenters. The van der Waals surface area contributed by atoms with Crippen molar-refractivity contribution < 1.29 is 18.3 Å². The molecular weight excluding hydrogens is 400 g/mol. The summed E-state index contributed by atoms with van der Waals surface area (Å²) in [6, 6.07) is 18.0. The number of sulfonamides is 1. The SMILES string of the molecule is CNS(=O)(=O)c1cccc(-c2ccc(O[C@@H](C)[C@H](O)CCc3cccnc3)cc2)c1. The smallest absolute Gasteiger partial charge is 0.240 e. The number of aliphatic hydroxyl groups excluding tert-OH is 1. The van der Waals surface area contributed by atoms with Crippen LogP contribution in [0.3, 0.4) is 0 Å². The van der Waals surface area contributed by atoms with Gasteiger partial charge in [-0.1, -0.05) is 30.3 Å². The van der Waals surface area contributed by atoms with Gasteiger partial charge in [-0.25, -0.2) is 13.1 Å². The molecule has 0 fully saturated rings. The van der Waals surface area contributed by atoms with Crippen molar-refractivity contribution in [3.63, 3.8) is 0 Å². The minimum Gasteiger partial charge on any atom is -0.488 e. The first-order valence-corrected chi connectivity index (χ1v) is 11.2. The van der Waals surface area contributed by atoms with Crippen LogP contribution in [0.25, 0.3) is 11.1 Å². The minimum absolute atomic E-state index is 0.216. The van der Waals surface area contributed by atoms with Gasteiger partial charge in [0.15, 0.2) is 0 Å². The number of ether oxygens (including phenoxy) is 1. The first-order valence-electron chi connectivity index (χ1n) is 9.77. The van der Waals surface area contributed by atoms with E-state index in [-0.39, 0.29) is 11.0 Å². The summed E-state index contributed by atoms with van der Waals surface area (Å²) in [5, 5.41) is 10.4. The molecule has 0 saturated carbocycles. The number of hydrogen-bond donors (Lipinski definition) is 2. The van der Waals surface area contributed by atoms with Crippen molar-refractivity contribution in [3.8, 4) is 16.9 Å². The molecule has 1 aromatic heterocycles. The minimum atomic E-state index is -3.49. The van der Waals surface area contributed by atoms with Crippen molar-refractivity contribution in [2.75, 3.05) is 7.05 Å². The van der Waals surface area contributed by atoms with E-state index in [2.05, 4.69) is 9.71 Å². The molecule has 6 nitrogen and oxygen atoms in total. The Balaban J connectivity index is 1.62. The summed E-state index contributed by atoms with van der Waals surface area (Å²) < 4.78 is 32.2. The van der Waals surface area contributed by atoms with E-state index in [1.54, 1.807) is 30.6 Å². The van der Waals surface area contributed by atoms with Gasteiger partial charge < -0.3 is 9.84 Å². The van der Waals surface area contributed by atoms with Crippen molar-refractivity contribution in [1.82, 2.24) is 9.71 Å². The van der Waals surface area contributed by atoms with Gasteiger partial charge in [-0.3, -0.25) is 4.98 Å². The number of rotatable bonds is 9. The monoisotopic (exact) mass is 426 g/mol. The van der Waals surface area contributed by atoms with E-state index in [1.807, 2.05) is 49.4 Å². The fourth-order valence-corrected chi connectivity index (χ4v) is 3.85. The topological polar surface area (TPSA) is 88.5 Å². The predicted molar refractivity (Wildman–Crippen MR) is 117 cm³/mol. The van der Waals surface area contributed by atoms with Gasteiger partial charge in [-0.15, -0.1) is 0 Å². The van der Waals surface area contributed by atoms with Crippen LogP contribution in [0.4, 0.5) is 0 Å². The Bertz CT molecular complexity index is 1050. The van der Waals surface area contributed by atoms with Crippen molar-refractivity contribution in [2.24, 2.45) is 0 Å². The molecule has 2 N–H and O–H groups in total. The first kappa shape index (κ1) is 22.0. The molecule has 1 heterocycles. The lowest BCUT2D eigenvalue weighted by atomic mass is 10.0. The molecule has 3 aromatic rings. The lowest BCUT2D eigenvalue weighted by molar-refractivity contribution is 0.0420. The summed E-state index contributed by atoms with van der Waals surface area (Å²) in [7, 11) is -2.10. The first-order chi connectivity index (χ1) is 14.4. The fraction of sp³-hybridized carbons (Fsp3) is 0.261. The van der Waals surface area contributed by atoms with Crippen LogP contribution in [0, 0.1) is 0 Å². The Labute approximate surface area is 177 Å². The van der Waals surface area contributed by atoms with E-state index in [0.717, 1.165) is 23.1 Å². The van der Waals surface area contributed by atoms with E-state index >= 15 is 0 Å². The maximum Gasteiger partial charge on any atom is 0.240 e. The number of benzene rings is 2. The van der Waals surface area contributed by atoms with Gasteiger partial charge in [-0.05, 0) is 73.8 Å². The fourth-order valence-electron chi connectivity index (χ4n) is 3.08. The number of aromatic nitrogens is 1. The lowest BCUT2D eigenvalue weighted by Gasteiger charge is -2.20. The molecule has 0 aliphatic heterocycles. The molecule has 2 aromatic carbocycles. The van der Waals surface area contributed by atoms with Gasteiger partial charge >= 0.3 is 0 Å². The molecule has 30 heavy (non-hydrogen) atoms. The summed E-state index contributed by atoms with van der Waals surface area (Å²) in [6.45, 7) is 1.84. The van der Waals surface area contributed by atoms with Crippen LogP contribution >= 0.6 is 0 Å². The highest BCUT2D eigenvalue weighted by Gasteiger charge is 2.16. The number of nitrogens with zero attached hydrogens (tertiary/aromatic N) is 1. The molecule has 158 valence electrons. The zero-order chi connectivity index (χ0) is 21.6. The molecule has 0 saturated heterocycles. The Morgan fingerprint density at radius 2 is 1.83 bits per heavy atom. The second-order valence-electron chi connectivity index (χ2n) is 7.05. The standard InChI is InChI=1S/C23H26N2O4S/c1-17(23(26)13-8-18-5-4-14-25-16-18)29-21-11-9-19(10-12-21)20-6-3-7-22(15-20)30(27,28)24-2/h3-7,9-12,14-17,23-24,26H,8,13H2,1-2H3/t17-,23+/m0/s1. The highest BCUT2D eigenvalue weighted by molar-refractivity contribution is 7.89. The maximum atomic E-state index is 12.0. The lowest BCUT2D eigenvalue weighted by Crippen LogP contribution is -2.29. The van der Waals surface area contributed by atoms with Crippen LogP contribution in [0.2, 0.25) is 0 Å². The summed E-state index contributed by atoms with van der Waals surface area (Å²) in [4.78, 5) is 4.30. The molecular formula is C23H26N2O4S. The van der Waals surface area contributed by atoms with E-state index < -0.39 is 16.1 Å². The molecule has 0 radical (unpaired) electrons. The Morgan fingerprint density at radius 3 is 2.50 bits per heavy atom. The number of hydrogen-bond acceptors (Lipinski definition) is 5. The molecule has 0 bridgehead atoms. The third-order valence-corrected chi connectivity index (χ3v) is 6.33. The second-order valence-corrected chi connectivity index (χ2v) is 8.94. The van der Waals surface area contributed by atoms with E-state index in [1.165, 1.54) is 7.05 Å².